The van der Waals surface area contributed by atoms with Crippen LogP contribution in [0, 0.1) is 10.8 Å². The molecule has 0 bridgehead atoms. The van der Waals surface area contributed by atoms with Crippen molar-refractivity contribution in [2.24, 2.45) is 10.9 Å². The average molecular weight is 516 g/mol. The highest BCUT2D eigenvalue weighted by molar-refractivity contribution is 9.11. The molecule has 2 N–H and O–H groups in total. The van der Waals surface area contributed by atoms with Gasteiger partial charge in [0.1, 0.15) is 16.1 Å². The number of allylic oxidation sites excluding steroid dienone is 1. The van der Waals surface area contributed by atoms with Gasteiger partial charge >= 0.3 is 5.03 Å². The summed E-state index contributed by atoms with van der Waals surface area (Å²) in [6.45, 7) is 16.9. The Balaban J connectivity index is 1.99. The van der Waals surface area contributed by atoms with Crippen LogP contribution >= 0.6 is 15.9 Å². The Morgan fingerprint density at radius 3 is 2.62 bits per heavy atom. The number of aliphatic hydroxyl groups excluding tert-OH is 1. The van der Waals surface area contributed by atoms with Crippen LogP contribution in [0.25, 0.3) is 0 Å². The van der Waals surface area contributed by atoms with Crippen molar-refractivity contribution in [1.29, 1.82) is 0 Å². The van der Waals surface area contributed by atoms with Gasteiger partial charge in [-0.05, 0) is 82.8 Å². The molecule has 0 saturated heterocycles. The van der Waals surface area contributed by atoms with E-state index in [4.69, 9.17) is 14.6 Å². The van der Waals surface area contributed by atoms with E-state index in [1.807, 2.05) is 42.5 Å². The van der Waals surface area contributed by atoms with E-state index in [2.05, 4.69) is 28.1 Å². The smallest absolute Gasteiger partial charge is 0.357 e. The van der Waals surface area contributed by atoms with Crippen LogP contribution in [0.4, 0.5) is 0 Å². The molecular weight excluding hydrogens is 478 g/mol. The summed E-state index contributed by atoms with van der Waals surface area (Å²) in [5.74, 6) is 0.714. The first-order valence-electron chi connectivity index (χ1n) is 11.0. The third kappa shape index (κ3) is 8.99. The summed E-state index contributed by atoms with van der Waals surface area (Å²) in [6.07, 6.45) is 4.92. The molecule has 2 rings (SSSR count). The number of nitrogens with zero attached hydrogens (tertiary/aromatic N) is 4. The number of fused-ring (bicyclic) bond motifs is 1. The number of hydrogen-bond donors (Lipinski definition) is 2. The van der Waals surface area contributed by atoms with E-state index in [1.165, 1.54) is 0 Å². The molecule has 0 spiro atoms. The van der Waals surface area contributed by atoms with Gasteiger partial charge in [0.05, 0.1) is 12.1 Å². The molecule has 0 amide bonds. The number of nitrogens with one attached hydrogen (secondary N) is 1. The van der Waals surface area contributed by atoms with E-state index in [-0.39, 0.29) is 5.92 Å². The third-order valence-corrected chi connectivity index (χ3v) is 5.29. The predicted octanol–water partition coefficient (Wildman–Crippen LogP) is 3.44. The maximum Gasteiger partial charge on any atom is 0.357 e. The monoisotopic (exact) mass is 515 g/mol. The minimum atomic E-state index is -0.953. The number of rotatable bonds is 10. The molecule has 180 valence electrons. The molecule has 0 aromatic carbocycles. The molecule has 0 aliphatic carbocycles. The van der Waals surface area contributed by atoms with Crippen molar-refractivity contribution in [3.63, 3.8) is 0 Å². The second-order valence-corrected chi connectivity index (χ2v) is 11.1. The minimum Gasteiger partial charge on any atom is -0.368 e. The van der Waals surface area contributed by atoms with Crippen molar-refractivity contribution in [3.8, 4) is 0 Å². The normalized spacial score (nSPS) is 18.8. The Bertz CT molecular complexity index is 795. The van der Waals surface area contributed by atoms with Gasteiger partial charge < -0.3 is 9.84 Å². The number of hydrazine groups is 1. The molecule has 32 heavy (non-hydrogen) atoms. The summed E-state index contributed by atoms with van der Waals surface area (Å²) >= 11 is 3.60. The molecule has 2 aliphatic heterocycles. The molecule has 2 heterocycles. The summed E-state index contributed by atoms with van der Waals surface area (Å²) in [4.78, 5) is 23.9. The number of aliphatic hydroxyl groups is 1. The third-order valence-electron chi connectivity index (χ3n) is 4.69. The highest BCUT2D eigenvalue weighted by Gasteiger charge is 2.29. The topological polar surface area (TPSA) is 89.4 Å². The Morgan fingerprint density at radius 2 is 2.00 bits per heavy atom. The maximum absolute atomic E-state index is 11.9. The Morgan fingerprint density at radius 1 is 1.31 bits per heavy atom. The average Bonchev–Trinajstić information content (AvgIpc) is 2.61. The number of aliphatic imine (C=N–C) groups is 1. The SMILES string of the molecule is C=[N+]1CC(Br)=C2N=C(CCC(CCN[N+](=O)OC(C)(C)C)C(O)OC(C)(C)C)C=CN2C1. The van der Waals surface area contributed by atoms with Gasteiger partial charge in [-0.25, -0.2) is 9.57 Å². The van der Waals surface area contributed by atoms with Gasteiger partial charge in [0.25, 0.3) is 0 Å². The van der Waals surface area contributed by atoms with Gasteiger partial charge in [-0.3, -0.25) is 4.90 Å². The van der Waals surface area contributed by atoms with Crippen LogP contribution in [0.5, 0.6) is 0 Å². The standard InChI is InChI=1S/C22H38BrN5O4/c1-21(2,3)31-20(29)16(10-12-24-28(30)32-22(4,5)6)8-9-17-11-13-27-15-26(7)14-18(23)19(27)25-17/h11,13,16,20,29H,7-10,12,14-15H2,1-6H3,(H,24,30)/q+2. The Kier molecular flexibility index (Phi) is 9.01. The molecule has 2 atom stereocenters. The van der Waals surface area contributed by atoms with Crippen LogP contribution in [0.1, 0.15) is 60.8 Å². The zero-order chi connectivity index (χ0) is 24.1. The summed E-state index contributed by atoms with van der Waals surface area (Å²) in [5.41, 5.74) is 2.56. The first kappa shape index (κ1) is 26.5. The zero-order valence-electron chi connectivity index (χ0n) is 20.1. The first-order chi connectivity index (χ1) is 14.7. The van der Waals surface area contributed by atoms with Gasteiger partial charge in [-0.2, -0.15) is 4.84 Å². The zero-order valence-corrected chi connectivity index (χ0v) is 21.7. The highest BCUT2D eigenvalue weighted by Crippen LogP contribution is 2.27. The van der Waals surface area contributed by atoms with Crippen LogP contribution in [-0.4, -0.2) is 69.3 Å². The second-order valence-electron chi connectivity index (χ2n) is 10.2. The van der Waals surface area contributed by atoms with E-state index in [0.717, 1.165) is 16.0 Å². The van der Waals surface area contributed by atoms with E-state index in [0.29, 0.717) is 44.1 Å². The van der Waals surface area contributed by atoms with Crippen molar-refractivity contribution >= 4 is 28.4 Å². The fraction of sp³-hybridized carbons (Fsp3) is 0.727. The van der Waals surface area contributed by atoms with Crippen molar-refractivity contribution in [2.75, 3.05) is 19.8 Å². The molecule has 2 unspecified atom stereocenters. The summed E-state index contributed by atoms with van der Waals surface area (Å²) in [5, 5.41) is 11.1. The van der Waals surface area contributed by atoms with Gasteiger partial charge in [0, 0.05) is 17.8 Å². The highest BCUT2D eigenvalue weighted by atomic mass is 79.9. The van der Waals surface area contributed by atoms with Crippen LogP contribution in [0.2, 0.25) is 0 Å². The van der Waals surface area contributed by atoms with Crippen LogP contribution in [0.3, 0.4) is 0 Å². The van der Waals surface area contributed by atoms with E-state index in [9.17, 15) is 10.0 Å². The largest absolute Gasteiger partial charge is 0.368 e. The molecule has 2 aliphatic rings. The molecule has 0 aromatic heterocycles. The van der Waals surface area contributed by atoms with Crippen LogP contribution in [0.15, 0.2) is 27.6 Å². The molecule has 0 fully saturated rings. The molecule has 0 aromatic rings. The lowest BCUT2D eigenvalue weighted by molar-refractivity contribution is -0.859. The first-order valence-corrected chi connectivity index (χ1v) is 11.7. The fourth-order valence-electron chi connectivity index (χ4n) is 3.33. The lowest BCUT2D eigenvalue weighted by Crippen LogP contribution is -2.38. The van der Waals surface area contributed by atoms with Gasteiger partial charge in [0.15, 0.2) is 24.3 Å². The Labute approximate surface area is 199 Å². The number of halogens is 1. The van der Waals surface area contributed by atoms with E-state index in [1.54, 1.807) is 20.8 Å². The molecule has 9 nitrogen and oxygen atoms in total. The molecule has 10 heteroatoms. The lowest BCUT2D eigenvalue weighted by atomic mass is 9.96. The van der Waals surface area contributed by atoms with Gasteiger partial charge in [-0.15, -0.1) is 5.43 Å². The van der Waals surface area contributed by atoms with Gasteiger partial charge in [0.2, 0.25) is 6.67 Å². The summed E-state index contributed by atoms with van der Waals surface area (Å²) in [7, 11) is 0. The fourth-order valence-corrected chi connectivity index (χ4v) is 4.00. The van der Waals surface area contributed by atoms with Crippen LogP contribution < -0.4 is 5.43 Å². The number of ether oxygens (including phenoxy) is 1. The number of hydrogen-bond acceptors (Lipinski definition) is 6. The van der Waals surface area contributed by atoms with Crippen molar-refractivity contribution in [3.05, 3.63) is 27.5 Å². The quantitative estimate of drug-likeness (QED) is 0.263. The summed E-state index contributed by atoms with van der Waals surface area (Å²) in [6, 6.07) is 0. The molecule has 0 saturated carbocycles. The van der Waals surface area contributed by atoms with E-state index >= 15 is 0 Å². The molecule has 0 radical (unpaired) electrons. The van der Waals surface area contributed by atoms with Crippen molar-refractivity contribution in [1.82, 2.24) is 10.3 Å². The summed E-state index contributed by atoms with van der Waals surface area (Å²) < 4.78 is 8.74. The molecular formula is C22H38BrN5O4+2. The predicted molar refractivity (Wildman–Crippen MR) is 128 cm³/mol. The second kappa shape index (κ2) is 10.9. The van der Waals surface area contributed by atoms with Gasteiger partial charge in [-0.1, -0.05) is 0 Å². The van der Waals surface area contributed by atoms with Crippen molar-refractivity contribution < 1.29 is 24.3 Å². The minimum absolute atomic E-state index is 0.182. The van der Waals surface area contributed by atoms with E-state index < -0.39 is 17.5 Å². The maximum atomic E-state index is 11.9. The Hall–Kier alpha value is -1.78. The van der Waals surface area contributed by atoms with Crippen LogP contribution in [-0.2, 0) is 9.57 Å². The lowest BCUT2D eigenvalue weighted by Gasteiger charge is -2.30. The van der Waals surface area contributed by atoms with Crippen molar-refractivity contribution in [2.45, 2.75) is 78.3 Å².